The van der Waals surface area contributed by atoms with Gasteiger partial charge in [0, 0.05) is 12.3 Å². The van der Waals surface area contributed by atoms with E-state index < -0.39 is 0 Å². The van der Waals surface area contributed by atoms with Crippen molar-refractivity contribution in [1.29, 1.82) is 0 Å². The molecule has 0 saturated carbocycles. The molecule has 0 amide bonds. The lowest BCUT2D eigenvalue weighted by Gasteiger charge is -2.06. The topological polar surface area (TPSA) is 30.7 Å². The van der Waals surface area contributed by atoms with Crippen molar-refractivity contribution in [2.45, 2.75) is 31.3 Å². The van der Waals surface area contributed by atoms with Gasteiger partial charge >= 0.3 is 0 Å². The van der Waals surface area contributed by atoms with Crippen molar-refractivity contribution >= 4 is 23.1 Å². The maximum atomic E-state index is 4.36. The molecular formula is C16H17N3S2. The first-order chi connectivity index (χ1) is 10.3. The second-order valence-electron chi connectivity index (χ2n) is 4.81. The minimum atomic E-state index is 0.885. The third kappa shape index (κ3) is 3.19. The maximum absolute atomic E-state index is 4.36. The van der Waals surface area contributed by atoms with Crippen LogP contribution >= 0.6 is 23.1 Å². The highest BCUT2D eigenvalue weighted by atomic mass is 32.2. The summed E-state index contributed by atoms with van der Waals surface area (Å²) in [5.74, 6) is 1.89. The van der Waals surface area contributed by atoms with E-state index >= 15 is 0 Å². The molecule has 0 aliphatic heterocycles. The Labute approximate surface area is 133 Å². The average Bonchev–Trinajstić information content (AvgIpc) is 3.13. The molecule has 0 aliphatic rings. The third-order valence-corrected chi connectivity index (χ3v) is 5.13. The lowest BCUT2D eigenvalue weighted by atomic mass is 10.2. The van der Waals surface area contributed by atoms with Crippen LogP contribution in [0, 0.1) is 6.92 Å². The van der Waals surface area contributed by atoms with Gasteiger partial charge in [-0.25, -0.2) is 0 Å². The Balaban J connectivity index is 1.80. The van der Waals surface area contributed by atoms with Crippen LogP contribution in [-0.2, 0) is 12.3 Å². The van der Waals surface area contributed by atoms with Gasteiger partial charge in [0.1, 0.15) is 0 Å². The zero-order valence-electron chi connectivity index (χ0n) is 12.1. The molecule has 3 rings (SSSR count). The fraction of sp³-hybridized carbons (Fsp3) is 0.250. The summed E-state index contributed by atoms with van der Waals surface area (Å²) >= 11 is 3.45. The SMILES string of the molecule is CCn1c(SCc2cccc(C)c2)nnc1-c1cccs1. The Morgan fingerprint density at radius 3 is 2.81 bits per heavy atom. The summed E-state index contributed by atoms with van der Waals surface area (Å²) in [4.78, 5) is 1.17. The van der Waals surface area contributed by atoms with Gasteiger partial charge in [-0.2, -0.15) is 0 Å². The highest BCUT2D eigenvalue weighted by Crippen LogP contribution is 2.28. The first-order valence-electron chi connectivity index (χ1n) is 6.93. The van der Waals surface area contributed by atoms with Crippen LogP contribution < -0.4 is 0 Å². The number of aromatic nitrogens is 3. The van der Waals surface area contributed by atoms with E-state index in [1.807, 2.05) is 6.07 Å². The van der Waals surface area contributed by atoms with Crippen molar-refractivity contribution in [3.05, 3.63) is 52.9 Å². The summed E-state index contributed by atoms with van der Waals surface area (Å²) in [6.07, 6.45) is 0. The highest BCUT2D eigenvalue weighted by molar-refractivity contribution is 7.98. The van der Waals surface area contributed by atoms with E-state index in [0.29, 0.717) is 0 Å². The molecule has 0 N–H and O–H groups in total. The number of aryl methyl sites for hydroxylation is 1. The minimum absolute atomic E-state index is 0.885. The first kappa shape index (κ1) is 14.4. The van der Waals surface area contributed by atoms with Crippen LogP contribution in [0.5, 0.6) is 0 Å². The standard InChI is InChI=1S/C16H17N3S2/c1-3-19-15(14-8-5-9-20-14)17-18-16(19)21-11-13-7-4-6-12(2)10-13/h4-10H,3,11H2,1-2H3. The van der Waals surface area contributed by atoms with Crippen LogP contribution in [0.3, 0.4) is 0 Å². The van der Waals surface area contributed by atoms with Crippen molar-refractivity contribution < 1.29 is 0 Å². The van der Waals surface area contributed by atoms with Crippen LogP contribution in [0.2, 0.25) is 0 Å². The molecule has 0 unspecified atom stereocenters. The molecule has 108 valence electrons. The zero-order valence-corrected chi connectivity index (χ0v) is 13.7. The van der Waals surface area contributed by atoms with E-state index in [0.717, 1.165) is 23.3 Å². The quantitative estimate of drug-likeness (QED) is 0.643. The highest BCUT2D eigenvalue weighted by Gasteiger charge is 2.13. The van der Waals surface area contributed by atoms with E-state index in [1.165, 1.54) is 16.0 Å². The smallest absolute Gasteiger partial charge is 0.191 e. The van der Waals surface area contributed by atoms with Crippen LogP contribution in [0.1, 0.15) is 18.1 Å². The molecule has 2 heterocycles. The average molecular weight is 315 g/mol. The second-order valence-corrected chi connectivity index (χ2v) is 6.70. The molecule has 2 aromatic heterocycles. The van der Waals surface area contributed by atoms with Crippen LogP contribution in [-0.4, -0.2) is 14.8 Å². The summed E-state index contributed by atoms with van der Waals surface area (Å²) in [7, 11) is 0. The Bertz CT molecular complexity index is 717. The molecule has 0 aliphatic carbocycles. The Kier molecular flexibility index (Phi) is 4.41. The van der Waals surface area contributed by atoms with Gasteiger partial charge < -0.3 is 4.57 Å². The summed E-state index contributed by atoms with van der Waals surface area (Å²) < 4.78 is 2.19. The summed E-state index contributed by atoms with van der Waals surface area (Å²) in [6, 6.07) is 12.8. The molecule has 5 heteroatoms. The van der Waals surface area contributed by atoms with Gasteiger partial charge in [0.2, 0.25) is 0 Å². The minimum Gasteiger partial charge on any atom is -0.302 e. The predicted octanol–water partition coefficient (Wildman–Crippen LogP) is 4.63. The second kappa shape index (κ2) is 6.45. The molecule has 0 fully saturated rings. The van der Waals surface area contributed by atoms with Gasteiger partial charge in [0.15, 0.2) is 11.0 Å². The molecule has 0 saturated heterocycles. The summed E-state index contributed by atoms with van der Waals surface area (Å²) in [5, 5.41) is 11.8. The van der Waals surface area contributed by atoms with E-state index in [9.17, 15) is 0 Å². The zero-order chi connectivity index (χ0) is 14.7. The van der Waals surface area contributed by atoms with Crippen LogP contribution in [0.25, 0.3) is 10.7 Å². The third-order valence-electron chi connectivity index (χ3n) is 3.23. The molecule has 3 aromatic rings. The molecular weight excluding hydrogens is 298 g/mol. The van der Waals surface area contributed by atoms with E-state index in [1.54, 1.807) is 23.1 Å². The first-order valence-corrected chi connectivity index (χ1v) is 8.80. The lowest BCUT2D eigenvalue weighted by Crippen LogP contribution is -1.99. The van der Waals surface area contributed by atoms with Crippen molar-refractivity contribution in [3.63, 3.8) is 0 Å². The Hall–Kier alpha value is -1.59. The van der Waals surface area contributed by atoms with E-state index in [-0.39, 0.29) is 0 Å². The summed E-state index contributed by atoms with van der Waals surface area (Å²) in [5.41, 5.74) is 2.62. The number of hydrogen-bond acceptors (Lipinski definition) is 4. The van der Waals surface area contributed by atoms with Crippen LogP contribution in [0.15, 0.2) is 46.9 Å². The fourth-order valence-electron chi connectivity index (χ4n) is 2.22. The molecule has 0 spiro atoms. The number of thiophene rings is 1. The van der Waals surface area contributed by atoms with Gasteiger partial charge in [0.05, 0.1) is 4.88 Å². The number of benzene rings is 1. The number of nitrogens with zero attached hydrogens (tertiary/aromatic N) is 3. The number of hydrogen-bond donors (Lipinski definition) is 0. The normalized spacial score (nSPS) is 11.0. The van der Waals surface area contributed by atoms with Gasteiger partial charge in [0.25, 0.3) is 0 Å². The number of rotatable bonds is 5. The number of thioether (sulfide) groups is 1. The molecule has 0 radical (unpaired) electrons. The molecule has 21 heavy (non-hydrogen) atoms. The maximum Gasteiger partial charge on any atom is 0.191 e. The van der Waals surface area contributed by atoms with Gasteiger partial charge in [-0.3, -0.25) is 0 Å². The van der Waals surface area contributed by atoms with E-state index in [2.05, 4.69) is 64.3 Å². The van der Waals surface area contributed by atoms with E-state index in [4.69, 9.17) is 0 Å². The Morgan fingerprint density at radius 2 is 2.10 bits per heavy atom. The van der Waals surface area contributed by atoms with Crippen molar-refractivity contribution in [1.82, 2.24) is 14.8 Å². The molecule has 1 aromatic carbocycles. The summed E-state index contributed by atoms with van der Waals surface area (Å²) in [6.45, 7) is 5.14. The largest absolute Gasteiger partial charge is 0.302 e. The predicted molar refractivity (Wildman–Crippen MR) is 89.7 cm³/mol. The lowest BCUT2D eigenvalue weighted by molar-refractivity contribution is 0.688. The molecule has 0 bridgehead atoms. The molecule has 0 atom stereocenters. The van der Waals surface area contributed by atoms with Crippen molar-refractivity contribution in [2.24, 2.45) is 0 Å². The van der Waals surface area contributed by atoms with Gasteiger partial charge in [-0.15, -0.1) is 21.5 Å². The Morgan fingerprint density at radius 1 is 1.19 bits per heavy atom. The molecule has 3 nitrogen and oxygen atoms in total. The van der Waals surface area contributed by atoms with Gasteiger partial charge in [-0.1, -0.05) is 47.7 Å². The monoisotopic (exact) mass is 315 g/mol. The fourth-order valence-corrected chi connectivity index (χ4v) is 3.88. The van der Waals surface area contributed by atoms with Crippen LogP contribution in [0.4, 0.5) is 0 Å². The van der Waals surface area contributed by atoms with Gasteiger partial charge in [-0.05, 0) is 30.9 Å². The van der Waals surface area contributed by atoms with Crippen molar-refractivity contribution in [2.75, 3.05) is 0 Å². The van der Waals surface area contributed by atoms with Crippen molar-refractivity contribution in [3.8, 4) is 10.7 Å².